The third kappa shape index (κ3) is 3.37. The molecule has 0 unspecified atom stereocenters. The van der Waals surface area contributed by atoms with Crippen LogP contribution in [0.25, 0.3) is 0 Å². The van der Waals surface area contributed by atoms with Crippen molar-refractivity contribution in [1.29, 1.82) is 5.26 Å². The van der Waals surface area contributed by atoms with Gasteiger partial charge in [-0.25, -0.2) is 0 Å². The van der Waals surface area contributed by atoms with Crippen LogP contribution in [0.15, 0.2) is 24.3 Å². The van der Waals surface area contributed by atoms with Crippen LogP contribution in [0.1, 0.15) is 19.4 Å². The summed E-state index contributed by atoms with van der Waals surface area (Å²) < 4.78 is -0.596. The Morgan fingerprint density at radius 2 is 1.93 bits per heavy atom. The van der Waals surface area contributed by atoms with Gasteiger partial charge in [0.1, 0.15) is 0 Å². The predicted molar refractivity (Wildman–Crippen MR) is 62.8 cm³/mol. The average molecular weight is 267 g/mol. The SMILES string of the molecule is CC(C)(Br)C(=O)Nc1ccc(C#N)cc1. The van der Waals surface area contributed by atoms with Gasteiger partial charge >= 0.3 is 0 Å². The van der Waals surface area contributed by atoms with E-state index in [1.165, 1.54) is 0 Å². The number of carbonyl (C=O) groups is 1. The van der Waals surface area contributed by atoms with Gasteiger partial charge in [0.15, 0.2) is 0 Å². The maximum Gasteiger partial charge on any atom is 0.240 e. The lowest BCUT2D eigenvalue weighted by Gasteiger charge is -2.15. The van der Waals surface area contributed by atoms with Gasteiger partial charge in [-0.2, -0.15) is 5.26 Å². The number of benzene rings is 1. The number of amides is 1. The van der Waals surface area contributed by atoms with E-state index in [0.29, 0.717) is 11.3 Å². The van der Waals surface area contributed by atoms with Crippen molar-refractivity contribution in [2.75, 3.05) is 5.32 Å². The third-order valence-corrected chi connectivity index (χ3v) is 2.17. The highest BCUT2D eigenvalue weighted by molar-refractivity contribution is 9.10. The molecular weight excluding hydrogens is 256 g/mol. The highest BCUT2D eigenvalue weighted by Crippen LogP contribution is 2.19. The minimum atomic E-state index is -0.596. The zero-order valence-corrected chi connectivity index (χ0v) is 10.1. The van der Waals surface area contributed by atoms with E-state index in [4.69, 9.17) is 5.26 Å². The normalized spacial score (nSPS) is 10.5. The molecule has 0 aliphatic rings. The number of anilines is 1. The number of hydrogen-bond donors (Lipinski definition) is 1. The van der Waals surface area contributed by atoms with E-state index in [9.17, 15) is 4.79 Å². The fraction of sp³-hybridized carbons (Fsp3) is 0.273. The summed E-state index contributed by atoms with van der Waals surface area (Å²) in [5, 5.41) is 11.3. The minimum absolute atomic E-state index is 0.118. The van der Waals surface area contributed by atoms with Crippen LogP contribution < -0.4 is 5.32 Å². The second-order valence-electron chi connectivity index (χ2n) is 3.62. The van der Waals surface area contributed by atoms with E-state index < -0.39 is 4.32 Å². The summed E-state index contributed by atoms with van der Waals surface area (Å²) in [5.74, 6) is -0.118. The Kier molecular flexibility index (Phi) is 3.48. The second kappa shape index (κ2) is 4.45. The number of nitriles is 1. The molecule has 1 N–H and O–H groups in total. The molecule has 0 aliphatic heterocycles. The predicted octanol–water partition coefficient (Wildman–Crippen LogP) is 2.67. The number of carbonyl (C=O) groups excluding carboxylic acids is 1. The molecule has 0 heterocycles. The van der Waals surface area contributed by atoms with E-state index in [0.717, 1.165) is 0 Å². The molecule has 0 bridgehead atoms. The molecule has 0 fully saturated rings. The van der Waals surface area contributed by atoms with E-state index in [1.54, 1.807) is 38.1 Å². The van der Waals surface area contributed by atoms with Gasteiger partial charge in [-0.1, -0.05) is 15.9 Å². The lowest BCUT2D eigenvalue weighted by Crippen LogP contribution is -2.30. The Balaban J connectivity index is 2.75. The van der Waals surface area contributed by atoms with Gasteiger partial charge in [0.05, 0.1) is 16.0 Å². The van der Waals surface area contributed by atoms with Crippen molar-refractivity contribution in [3.63, 3.8) is 0 Å². The number of halogens is 1. The first-order valence-electron chi connectivity index (χ1n) is 4.44. The summed E-state index contributed by atoms with van der Waals surface area (Å²) in [5.41, 5.74) is 1.26. The Hall–Kier alpha value is -1.34. The van der Waals surface area contributed by atoms with Gasteiger partial charge in [0.25, 0.3) is 0 Å². The molecule has 0 aliphatic carbocycles. The van der Waals surface area contributed by atoms with Crippen LogP contribution in [0.5, 0.6) is 0 Å². The Bertz CT molecular complexity index is 398. The second-order valence-corrected chi connectivity index (χ2v) is 5.60. The first-order chi connectivity index (χ1) is 6.93. The molecule has 0 radical (unpaired) electrons. The van der Waals surface area contributed by atoms with Crippen LogP contribution in [-0.4, -0.2) is 10.2 Å². The molecule has 1 aromatic rings. The maximum absolute atomic E-state index is 11.6. The van der Waals surface area contributed by atoms with Crippen molar-refractivity contribution in [3.05, 3.63) is 29.8 Å². The van der Waals surface area contributed by atoms with Crippen molar-refractivity contribution in [2.24, 2.45) is 0 Å². The first kappa shape index (κ1) is 11.7. The maximum atomic E-state index is 11.6. The largest absolute Gasteiger partial charge is 0.325 e. The molecule has 1 aromatic carbocycles. The van der Waals surface area contributed by atoms with Crippen LogP contribution in [0.3, 0.4) is 0 Å². The summed E-state index contributed by atoms with van der Waals surface area (Å²) in [6.45, 7) is 3.54. The fourth-order valence-electron chi connectivity index (χ4n) is 0.908. The average Bonchev–Trinajstić information content (AvgIpc) is 2.17. The van der Waals surface area contributed by atoms with Crippen LogP contribution >= 0.6 is 15.9 Å². The number of alkyl halides is 1. The van der Waals surface area contributed by atoms with E-state index in [2.05, 4.69) is 21.2 Å². The molecule has 0 saturated heterocycles. The Morgan fingerprint density at radius 3 is 2.33 bits per heavy atom. The third-order valence-electron chi connectivity index (χ3n) is 1.81. The van der Waals surface area contributed by atoms with Crippen LogP contribution in [0.2, 0.25) is 0 Å². The van der Waals surface area contributed by atoms with E-state index in [1.807, 2.05) is 6.07 Å². The van der Waals surface area contributed by atoms with Gasteiger partial charge < -0.3 is 5.32 Å². The monoisotopic (exact) mass is 266 g/mol. The van der Waals surface area contributed by atoms with Crippen molar-refractivity contribution in [1.82, 2.24) is 0 Å². The molecule has 0 atom stereocenters. The van der Waals surface area contributed by atoms with Crippen molar-refractivity contribution < 1.29 is 4.79 Å². The summed E-state index contributed by atoms with van der Waals surface area (Å²) >= 11 is 3.27. The lowest BCUT2D eigenvalue weighted by molar-refractivity contribution is -0.117. The number of hydrogen-bond acceptors (Lipinski definition) is 2. The summed E-state index contributed by atoms with van der Waals surface area (Å²) in [4.78, 5) is 11.6. The van der Waals surface area contributed by atoms with Crippen LogP contribution in [0, 0.1) is 11.3 Å². The van der Waals surface area contributed by atoms with Crippen molar-refractivity contribution in [2.45, 2.75) is 18.2 Å². The van der Waals surface area contributed by atoms with Gasteiger partial charge in [0, 0.05) is 5.69 Å². The Labute approximate surface area is 97.2 Å². The lowest BCUT2D eigenvalue weighted by atomic mass is 10.2. The fourth-order valence-corrected chi connectivity index (χ4v) is 1.01. The quantitative estimate of drug-likeness (QED) is 0.837. The molecule has 1 rings (SSSR count). The molecule has 15 heavy (non-hydrogen) atoms. The van der Waals surface area contributed by atoms with Gasteiger partial charge in [0.2, 0.25) is 5.91 Å². The van der Waals surface area contributed by atoms with E-state index >= 15 is 0 Å². The topological polar surface area (TPSA) is 52.9 Å². The zero-order chi connectivity index (χ0) is 11.5. The molecule has 0 saturated carbocycles. The molecule has 0 spiro atoms. The highest BCUT2D eigenvalue weighted by atomic mass is 79.9. The molecule has 1 amide bonds. The van der Waals surface area contributed by atoms with E-state index in [-0.39, 0.29) is 5.91 Å². The summed E-state index contributed by atoms with van der Waals surface area (Å²) in [6.07, 6.45) is 0. The van der Waals surface area contributed by atoms with Gasteiger partial charge in [-0.3, -0.25) is 4.79 Å². The first-order valence-corrected chi connectivity index (χ1v) is 5.23. The molecule has 78 valence electrons. The van der Waals surface area contributed by atoms with Gasteiger partial charge in [-0.15, -0.1) is 0 Å². The molecular formula is C11H11BrN2O. The van der Waals surface area contributed by atoms with Crippen LogP contribution in [0.4, 0.5) is 5.69 Å². The summed E-state index contributed by atoms with van der Waals surface area (Å²) in [7, 11) is 0. The zero-order valence-electron chi connectivity index (χ0n) is 8.54. The van der Waals surface area contributed by atoms with Crippen molar-refractivity contribution in [3.8, 4) is 6.07 Å². The number of nitrogens with zero attached hydrogens (tertiary/aromatic N) is 1. The number of rotatable bonds is 2. The standard InChI is InChI=1S/C11H11BrN2O/c1-11(2,12)10(15)14-9-5-3-8(7-13)4-6-9/h3-6H,1-2H3,(H,14,15). The highest BCUT2D eigenvalue weighted by Gasteiger charge is 2.23. The van der Waals surface area contributed by atoms with Crippen molar-refractivity contribution >= 4 is 27.5 Å². The van der Waals surface area contributed by atoms with Crippen LogP contribution in [-0.2, 0) is 4.79 Å². The molecule has 4 heteroatoms. The molecule has 0 aromatic heterocycles. The minimum Gasteiger partial charge on any atom is -0.325 e. The summed E-state index contributed by atoms with van der Waals surface area (Å²) in [6, 6.07) is 8.75. The van der Waals surface area contributed by atoms with Gasteiger partial charge in [-0.05, 0) is 38.1 Å². The molecule has 3 nitrogen and oxygen atoms in total. The number of nitrogens with one attached hydrogen (secondary N) is 1. The smallest absolute Gasteiger partial charge is 0.240 e. The Morgan fingerprint density at radius 1 is 1.40 bits per heavy atom.